The van der Waals surface area contributed by atoms with Crippen molar-refractivity contribution in [3.8, 4) is 0 Å². The summed E-state index contributed by atoms with van der Waals surface area (Å²) < 4.78 is 0. The highest BCUT2D eigenvalue weighted by Gasteiger charge is 2.38. The Balaban J connectivity index is 1.90. The Hall–Kier alpha value is -0.280. The van der Waals surface area contributed by atoms with Crippen molar-refractivity contribution in [2.75, 3.05) is 20.6 Å². The van der Waals surface area contributed by atoms with Crippen LogP contribution >= 0.6 is 23.2 Å². The minimum absolute atomic E-state index is 0.338. The van der Waals surface area contributed by atoms with E-state index in [-0.39, 0.29) is 0 Å². The SMILES string of the molecule is CN(C)C1(CNCc2cccc(Cl)c2Cl)CCC1. The minimum atomic E-state index is 0.338. The summed E-state index contributed by atoms with van der Waals surface area (Å²) in [6.45, 7) is 1.78. The van der Waals surface area contributed by atoms with Crippen LogP contribution < -0.4 is 5.32 Å². The molecule has 0 bridgehead atoms. The van der Waals surface area contributed by atoms with E-state index < -0.39 is 0 Å². The molecule has 100 valence electrons. The van der Waals surface area contributed by atoms with Crippen LogP contribution in [0.3, 0.4) is 0 Å². The van der Waals surface area contributed by atoms with Gasteiger partial charge in [0.05, 0.1) is 10.0 Å². The zero-order valence-electron chi connectivity index (χ0n) is 11.0. The van der Waals surface area contributed by atoms with Gasteiger partial charge in [-0.1, -0.05) is 35.3 Å². The Morgan fingerprint density at radius 1 is 1.28 bits per heavy atom. The molecule has 0 aromatic heterocycles. The lowest BCUT2D eigenvalue weighted by Gasteiger charge is -2.47. The van der Waals surface area contributed by atoms with Crippen LogP contribution in [0, 0.1) is 0 Å². The summed E-state index contributed by atoms with van der Waals surface area (Å²) in [7, 11) is 4.32. The van der Waals surface area contributed by atoms with E-state index in [1.165, 1.54) is 19.3 Å². The van der Waals surface area contributed by atoms with Crippen LogP contribution in [-0.2, 0) is 6.54 Å². The van der Waals surface area contributed by atoms with Crippen molar-refractivity contribution in [2.24, 2.45) is 0 Å². The Morgan fingerprint density at radius 2 is 2.00 bits per heavy atom. The van der Waals surface area contributed by atoms with Crippen LogP contribution in [0.25, 0.3) is 0 Å². The molecular weight excluding hydrogens is 267 g/mol. The van der Waals surface area contributed by atoms with Gasteiger partial charge in [0.1, 0.15) is 0 Å². The summed E-state index contributed by atoms with van der Waals surface area (Å²) in [5.41, 5.74) is 1.41. The Morgan fingerprint density at radius 3 is 2.56 bits per heavy atom. The maximum absolute atomic E-state index is 6.17. The lowest BCUT2D eigenvalue weighted by atomic mass is 9.75. The zero-order chi connectivity index (χ0) is 13.2. The van der Waals surface area contributed by atoms with E-state index in [1.807, 2.05) is 18.2 Å². The first-order valence-corrected chi connectivity index (χ1v) is 7.12. The van der Waals surface area contributed by atoms with E-state index in [9.17, 15) is 0 Å². The molecule has 0 radical (unpaired) electrons. The van der Waals surface area contributed by atoms with Gasteiger partial charge in [0, 0.05) is 18.6 Å². The highest BCUT2D eigenvalue weighted by molar-refractivity contribution is 6.42. The molecule has 0 heterocycles. The van der Waals surface area contributed by atoms with Gasteiger partial charge in [0.15, 0.2) is 0 Å². The van der Waals surface area contributed by atoms with Gasteiger partial charge in [-0.15, -0.1) is 0 Å². The molecule has 1 aliphatic carbocycles. The lowest BCUT2D eigenvalue weighted by Crippen LogP contribution is -2.56. The van der Waals surface area contributed by atoms with Crippen LogP contribution in [0.4, 0.5) is 0 Å². The molecule has 0 saturated heterocycles. The molecule has 1 fully saturated rings. The maximum atomic E-state index is 6.17. The van der Waals surface area contributed by atoms with Gasteiger partial charge in [0.2, 0.25) is 0 Å². The Labute approximate surface area is 119 Å². The molecule has 18 heavy (non-hydrogen) atoms. The van der Waals surface area contributed by atoms with Gasteiger partial charge in [-0.2, -0.15) is 0 Å². The highest BCUT2D eigenvalue weighted by atomic mass is 35.5. The highest BCUT2D eigenvalue weighted by Crippen LogP contribution is 2.35. The van der Waals surface area contributed by atoms with Gasteiger partial charge >= 0.3 is 0 Å². The van der Waals surface area contributed by atoms with Crippen LogP contribution in [0.5, 0.6) is 0 Å². The monoisotopic (exact) mass is 286 g/mol. The van der Waals surface area contributed by atoms with Crippen LogP contribution in [0.1, 0.15) is 24.8 Å². The number of nitrogens with zero attached hydrogens (tertiary/aromatic N) is 1. The number of benzene rings is 1. The number of rotatable bonds is 5. The first-order valence-electron chi connectivity index (χ1n) is 6.36. The van der Waals surface area contributed by atoms with Crippen molar-refractivity contribution in [3.63, 3.8) is 0 Å². The van der Waals surface area contributed by atoms with Crippen LogP contribution in [0.15, 0.2) is 18.2 Å². The summed E-state index contributed by atoms with van der Waals surface area (Å²) in [6, 6.07) is 5.78. The van der Waals surface area contributed by atoms with E-state index in [0.29, 0.717) is 15.6 Å². The second kappa shape index (κ2) is 5.79. The van der Waals surface area contributed by atoms with E-state index in [0.717, 1.165) is 18.7 Å². The van der Waals surface area contributed by atoms with Gasteiger partial charge in [0.25, 0.3) is 0 Å². The molecule has 0 aliphatic heterocycles. The smallest absolute Gasteiger partial charge is 0.0637 e. The molecule has 1 N–H and O–H groups in total. The molecule has 0 atom stereocenters. The second-order valence-corrected chi connectivity index (χ2v) is 6.07. The predicted octanol–water partition coefficient (Wildman–Crippen LogP) is 3.57. The number of nitrogens with one attached hydrogen (secondary N) is 1. The molecule has 1 saturated carbocycles. The molecular formula is C14H20Cl2N2. The number of hydrogen-bond acceptors (Lipinski definition) is 2. The third-order valence-corrected chi connectivity index (χ3v) is 4.89. The zero-order valence-corrected chi connectivity index (χ0v) is 12.5. The molecule has 0 unspecified atom stereocenters. The van der Waals surface area contributed by atoms with Crippen molar-refractivity contribution >= 4 is 23.2 Å². The lowest BCUT2D eigenvalue weighted by molar-refractivity contribution is 0.0598. The third-order valence-electron chi connectivity index (χ3n) is 4.03. The quantitative estimate of drug-likeness (QED) is 0.890. The first-order chi connectivity index (χ1) is 8.55. The Bertz CT molecular complexity index is 414. The van der Waals surface area contributed by atoms with Crippen molar-refractivity contribution in [1.82, 2.24) is 10.2 Å². The average molecular weight is 287 g/mol. The van der Waals surface area contributed by atoms with Crippen molar-refractivity contribution in [1.29, 1.82) is 0 Å². The minimum Gasteiger partial charge on any atom is -0.311 e. The molecule has 0 amide bonds. The summed E-state index contributed by atoms with van der Waals surface area (Å²) in [4.78, 5) is 2.34. The van der Waals surface area contributed by atoms with Gasteiger partial charge in [-0.05, 0) is 45.0 Å². The van der Waals surface area contributed by atoms with E-state index in [4.69, 9.17) is 23.2 Å². The molecule has 4 heteroatoms. The third kappa shape index (κ3) is 2.83. The van der Waals surface area contributed by atoms with Gasteiger partial charge < -0.3 is 10.2 Å². The fraction of sp³-hybridized carbons (Fsp3) is 0.571. The number of hydrogen-bond donors (Lipinski definition) is 1. The van der Waals surface area contributed by atoms with Crippen LogP contribution in [0.2, 0.25) is 10.0 Å². The summed E-state index contributed by atoms with van der Waals surface area (Å²) in [6.07, 6.45) is 3.88. The Kier molecular flexibility index (Phi) is 4.54. The number of halogens is 2. The van der Waals surface area contributed by atoms with Crippen molar-refractivity contribution in [2.45, 2.75) is 31.3 Å². The molecule has 1 aromatic carbocycles. The normalized spacial score (nSPS) is 17.8. The van der Waals surface area contributed by atoms with E-state index in [1.54, 1.807) is 0 Å². The fourth-order valence-electron chi connectivity index (χ4n) is 2.48. The summed E-state index contributed by atoms with van der Waals surface area (Å²) in [5, 5.41) is 4.80. The number of likely N-dealkylation sites (N-methyl/N-ethyl adjacent to an activating group) is 1. The summed E-state index contributed by atoms with van der Waals surface area (Å²) >= 11 is 12.2. The van der Waals surface area contributed by atoms with Gasteiger partial charge in [-0.3, -0.25) is 0 Å². The molecule has 1 aromatic rings. The largest absolute Gasteiger partial charge is 0.311 e. The predicted molar refractivity (Wildman–Crippen MR) is 78.4 cm³/mol. The topological polar surface area (TPSA) is 15.3 Å². The second-order valence-electron chi connectivity index (χ2n) is 5.29. The van der Waals surface area contributed by atoms with Gasteiger partial charge in [-0.25, -0.2) is 0 Å². The van der Waals surface area contributed by atoms with Crippen LogP contribution in [-0.4, -0.2) is 31.1 Å². The summed E-state index contributed by atoms with van der Waals surface area (Å²) in [5.74, 6) is 0. The van der Waals surface area contributed by atoms with Crippen molar-refractivity contribution < 1.29 is 0 Å². The first kappa shape index (κ1) is 14.1. The molecule has 2 nitrogen and oxygen atoms in total. The van der Waals surface area contributed by atoms with E-state index in [2.05, 4.69) is 24.3 Å². The average Bonchev–Trinajstić information content (AvgIpc) is 2.27. The standard InChI is InChI=1S/C14H20Cl2N2/c1-18(2)14(7-4-8-14)10-17-9-11-5-3-6-12(15)13(11)16/h3,5-6,17H,4,7-10H2,1-2H3. The molecule has 2 rings (SSSR count). The maximum Gasteiger partial charge on any atom is 0.0637 e. The van der Waals surface area contributed by atoms with Crippen molar-refractivity contribution in [3.05, 3.63) is 33.8 Å². The van der Waals surface area contributed by atoms with E-state index >= 15 is 0 Å². The molecule has 1 aliphatic rings. The molecule has 0 spiro atoms. The fourth-order valence-corrected chi connectivity index (χ4v) is 2.87.